The lowest BCUT2D eigenvalue weighted by Crippen LogP contribution is -2.43. The van der Waals surface area contributed by atoms with Gasteiger partial charge in [-0.2, -0.15) is 0 Å². The van der Waals surface area contributed by atoms with Crippen LogP contribution in [0.25, 0.3) is 0 Å². The summed E-state index contributed by atoms with van der Waals surface area (Å²) in [5.74, 6) is -0.671. The Bertz CT molecular complexity index is 489. The number of benzene rings is 1. The fourth-order valence-corrected chi connectivity index (χ4v) is 2.14. The number of piperidine rings is 1. The first-order valence-electron chi connectivity index (χ1n) is 6.57. The summed E-state index contributed by atoms with van der Waals surface area (Å²) in [5.41, 5.74) is 1.70. The number of carbonyl (C=O) groups is 3. The molecule has 4 nitrogen and oxygen atoms in total. The molecular weight excluding hydrogens is 242 g/mol. The molecule has 1 aromatic carbocycles. The van der Waals surface area contributed by atoms with Gasteiger partial charge in [-0.3, -0.25) is 19.3 Å². The van der Waals surface area contributed by atoms with Gasteiger partial charge >= 0.3 is 0 Å². The third-order valence-electron chi connectivity index (χ3n) is 3.37. The number of Topliss-reactive ketones (excluding diaryl/α,β-unsaturated/α-hetero) is 1. The lowest BCUT2D eigenvalue weighted by atomic mass is 10.0. The maximum absolute atomic E-state index is 12.1. The molecule has 0 N–H and O–H groups in total. The SMILES string of the molecule is CCc1ccc(C(=O)CN2C(=O)CCCC2=O)cc1. The number of ketones is 1. The molecule has 4 heteroatoms. The number of hydrogen-bond donors (Lipinski definition) is 0. The van der Waals surface area contributed by atoms with Crippen molar-refractivity contribution in [3.8, 4) is 0 Å². The molecule has 2 amide bonds. The van der Waals surface area contributed by atoms with Gasteiger partial charge in [0, 0.05) is 18.4 Å². The summed E-state index contributed by atoms with van der Waals surface area (Å²) in [6.07, 6.45) is 2.21. The zero-order valence-corrected chi connectivity index (χ0v) is 11.0. The number of likely N-dealkylation sites (tertiary alicyclic amines) is 1. The molecule has 1 aromatic rings. The van der Waals surface area contributed by atoms with Crippen LogP contribution in [0.15, 0.2) is 24.3 Å². The average molecular weight is 259 g/mol. The van der Waals surface area contributed by atoms with Crippen LogP contribution in [0.4, 0.5) is 0 Å². The highest BCUT2D eigenvalue weighted by Gasteiger charge is 2.27. The molecule has 0 bridgehead atoms. The number of nitrogens with zero attached hydrogens (tertiary/aromatic N) is 1. The maximum atomic E-state index is 12.1. The van der Waals surface area contributed by atoms with Crippen LogP contribution in [-0.2, 0) is 16.0 Å². The number of imide groups is 1. The first-order valence-corrected chi connectivity index (χ1v) is 6.57. The molecule has 0 unspecified atom stereocenters. The van der Waals surface area contributed by atoms with Crippen LogP contribution < -0.4 is 0 Å². The monoisotopic (exact) mass is 259 g/mol. The van der Waals surface area contributed by atoms with E-state index in [0.717, 1.165) is 16.9 Å². The Hall–Kier alpha value is -1.97. The van der Waals surface area contributed by atoms with Crippen LogP contribution in [0, 0.1) is 0 Å². The summed E-state index contributed by atoms with van der Waals surface area (Å²) in [7, 11) is 0. The highest BCUT2D eigenvalue weighted by Crippen LogP contribution is 2.13. The Morgan fingerprint density at radius 1 is 1.11 bits per heavy atom. The van der Waals surface area contributed by atoms with E-state index in [9.17, 15) is 14.4 Å². The third-order valence-corrected chi connectivity index (χ3v) is 3.37. The summed E-state index contributed by atoms with van der Waals surface area (Å²) in [6.45, 7) is 1.91. The molecule has 0 atom stereocenters. The average Bonchev–Trinajstić information content (AvgIpc) is 2.43. The van der Waals surface area contributed by atoms with Crippen molar-refractivity contribution in [2.45, 2.75) is 32.6 Å². The minimum Gasteiger partial charge on any atom is -0.292 e. The molecule has 0 aromatic heterocycles. The van der Waals surface area contributed by atoms with Gasteiger partial charge in [0.1, 0.15) is 0 Å². The smallest absolute Gasteiger partial charge is 0.229 e. The van der Waals surface area contributed by atoms with E-state index in [1.165, 1.54) is 0 Å². The quantitative estimate of drug-likeness (QED) is 0.613. The number of rotatable bonds is 4. The molecule has 1 saturated heterocycles. The largest absolute Gasteiger partial charge is 0.292 e. The van der Waals surface area contributed by atoms with Crippen LogP contribution in [0.2, 0.25) is 0 Å². The molecule has 1 aliphatic rings. The molecule has 0 radical (unpaired) electrons. The normalized spacial score (nSPS) is 15.7. The standard InChI is InChI=1S/C15H17NO3/c1-2-11-6-8-12(9-7-11)13(17)10-16-14(18)4-3-5-15(16)19/h6-9H,2-5,10H2,1H3. The zero-order valence-electron chi connectivity index (χ0n) is 11.0. The van der Waals surface area contributed by atoms with Gasteiger partial charge in [-0.25, -0.2) is 0 Å². The van der Waals surface area contributed by atoms with E-state index in [0.29, 0.717) is 24.8 Å². The summed E-state index contributed by atoms with van der Waals surface area (Å²) in [6, 6.07) is 7.29. The van der Waals surface area contributed by atoms with E-state index in [-0.39, 0.29) is 24.1 Å². The van der Waals surface area contributed by atoms with Crippen LogP contribution in [0.1, 0.15) is 42.1 Å². The van der Waals surface area contributed by atoms with Crippen LogP contribution >= 0.6 is 0 Å². The van der Waals surface area contributed by atoms with Crippen molar-refractivity contribution in [3.05, 3.63) is 35.4 Å². The molecule has 0 aliphatic carbocycles. The summed E-state index contributed by atoms with van der Waals surface area (Å²) in [5, 5.41) is 0. The van der Waals surface area contributed by atoms with Crippen molar-refractivity contribution in [1.82, 2.24) is 4.90 Å². The van der Waals surface area contributed by atoms with Gasteiger partial charge in [-0.1, -0.05) is 31.2 Å². The van der Waals surface area contributed by atoms with Gasteiger partial charge in [0.05, 0.1) is 6.54 Å². The van der Waals surface area contributed by atoms with Gasteiger partial charge in [-0.05, 0) is 18.4 Å². The van der Waals surface area contributed by atoms with Crippen molar-refractivity contribution in [2.24, 2.45) is 0 Å². The second kappa shape index (κ2) is 5.78. The van der Waals surface area contributed by atoms with Crippen LogP contribution in [0.5, 0.6) is 0 Å². The topological polar surface area (TPSA) is 54.5 Å². The molecule has 2 rings (SSSR count). The molecule has 0 spiro atoms. The Balaban J connectivity index is 2.07. The van der Waals surface area contributed by atoms with E-state index in [2.05, 4.69) is 0 Å². The summed E-state index contributed by atoms with van der Waals surface area (Å²) < 4.78 is 0. The van der Waals surface area contributed by atoms with Crippen molar-refractivity contribution >= 4 is 17.6 Å². The molecule has 0 saturated carbocycles. The number of aryl methyl sites for hydroxylation is 1. The molecule has 1 heterocycles. The van der Waals surface area contributed by atoms with Gasteiger partial charge in [0.25, 0.3) is 0 Å². The molecule has 1 fully saturated rings. The van der Waals surface area contributed by atoms with Crippen LogP contribution in [0.3, 0.4) is 0 Å². The highest BCUT2D eigenvalue weighted by atomic mass is 16.2. The second-order valence-electron chi connectivity index (χ2n) is 4.70. The Morgan fingerprint density at radius 3 is 2.21 bits per heavy atom. The first-order chi connectivity index (χ1) is 9.11. The number of carbonyl (C=O) groups excluding carboxylic acids is 3. The second-order valence-corrected chi connectivity index (χ2v) is 4.70. The third kappa shape index (κ3) is 3.08. The van der Waals surface area contributed by atoms with E-state index in [1.54, 1.807) is 12.1 Å². The van der Waals surface area contributed by atoms with E-state index in [4.69, 9.17) is 0 Å². The molecule has 19 heavy (non-hydrogen) atoms. The van der Waals surface area contributed by atoms with Gasteiger partial charge in [0.15, 0.2) is 5.78 Å². The van der Waals surface area contributed by atoms with E-state index in [1.807, 2.05) is 19.1 Å². The van der Waals surface area contributed by atoms with Gasteiger partial charge in [-0.15, -0.1) is 0 Å². The fourth-order valence-electron chi connectivity index (χ4n) is 2.14. The zero-order chi connectivity index (χ0) is 13.8. The maximum Gasteiger partial charge on any atom is 0.229 e. The van der Waals surface area contributed by atoms with E-state index >= 15 is 0 Å². The lowest BCUT2D eigenvalue weighted by Gasteiger charge is -2.24. The fraction of sp³-hybridized carbons (Fsp3) is 0.400. The minimum absolute atomic E-state index is 0.136. The highest BCUT2D eigenvalue weighted by molar-refractivity contribution is 6.05. The lowest BCUT2D eigenvalue weighted by molar-refractivity contribution is -0.147. The molecule has 1 aliphatic heterocycles. The number of hydrogen-bond acceptors (Lipinski definition) is 3. The van der Waals surface area contributed by atoms with Crippen LogP contribution in [-0.4, -0.2) is 29.0 Å². The van der Waals surface area contributed by atoms with Crippen molar-refractivity contribution < 1.29 is 14.4 Å². The van der Waals surface area contributed by atoms with Crippen molar-refractivity contribution in [1.29, 1.82) is 0 Å². The Kier molecular flexibility index (Phi) is 4.10. The Morgan fingerprint density at radius 2 is 1.68 bits per heavy atom. The van der Waals surface area contributed by atoms with E-state index < -0.39 is 0 Å². The van der Waals surface area contributed by atoms with Gasteiger partial charge in [0.2, 0.25) is 11.8 Å². The summed E-state index contributed by atoms with van der Waals surface area (Å²) >= 11 is 0. The summed E-state index contributed by atoms with van der Waals surface area (Å²) in [4.78, 5) is 36.4. The molecular formula is C15H17NO3. The molecule has 100 valence electrons. The number of amides is 2. The van der Waals surface area contributed by atoms with Crippen molar-refractivity contribution in [2.75, 3.05) is 6.54 Å². The minimum atomic E-state index is -0.241. The van der Waals surface area contributed by atoms with Crippen molar-refractivity contribution in [3.63, 3.8) is 0 Å². The Labute approximate surface area is 112 Å². The predicted octanol–water partition coefficient (Wildman–Crippen LogP) is 1.97. The first kappa shape index (κ1) is 13.5. The van der Waals surface area contributed by atoms with Gasteiger partial charge < -0.3 is 0 Å². The predicted molar refractivity (Wildman–Crippen MR) is 70.7 cm³/mol.